The second-order valence-corrected chi connectivity index (χ2v) is 12.2. The van der Waals surface area contributed by atoms with Crippen LogP contribution in [0.3, 0.4) is 0 Å². The maximum absolute atomic E-state index is 6.48. The Bertz CT molecular complexity index is 570. The van der Waals surface area contributed by atoms with Gasteiger partial charge in [-0.15, -0.1) is 6.58 Å². The minimum absolute atomic E-state index is 0.0403. The van der Waals surface area contributed by atoms with Crippen LogP contribution < -0.4 is 0 Å². The molecule has 2 heterocycles. The summed E-state index contributed by atoms with van der Waals surface area (Å²) in [7, 11) is -1.73. The standard InChI is InChI=1S/C19H28O4Si/c1-6-17-19(2,23-24(3,4)5)12-15-16(21-17)13-20-18(22-15)14-10-8-7-9-11-14/h6-11,15-18H,1,12-13H2,2-5H3/t15-,16+,17-,18+,19+/m0/s1. The maximum atomic E-state index is 6.48. The lowest BCUT2D eigenvalue weighted by Crippen LogP contribution is -2.60. The predicted molar refractivity (Wildman–Crippen MR) is 96.3 cm³/mol. The third-order valence-corrected chi connectivity index (χ3v) is 5.56. The average molecular weight is 349 g/mol. The molecule has 2 saturated heterocycles. The summed E-state index contributed by atoms with van der Waals surface area (Å²) < 4.78 is 24.8. The van der Waals surface area contributed by atoms with Crippen LogP contribution in [0.4, 0.5) is 0 Å². The second kappa shape index (κ2) is 6.73. The van der Waals surface area contributed by atoms with E-state index >= 15 is 0 Å². The lowest BCUT2D eigenvalue weighted by molar-refractivity contribution is -0.307. The van der Waals surface area contributed by atoms with Crippen molar-refractivity contribution >= 4 is 8.32 Å². The largest absolute Gasteiger partial charge is 0.409 e. The van der Waals surface area contributed by atoms with Crippen LogP contribution in [0.2, 0.25) is 19.6 Å². The van der Waals surface area contributed by atoms with E-state index in [0.29, 0.717) is 6.61 Å². The summed E-state index contributed by atoms with van der Waals surface area (Å²) in [4.78, 5) is 0. The van der Waals surface area contributed by atoms with Gasteiger partial charge in [0.1, 0.15) is 12.2 Å². The molecule has 2 aliphatic heterocycles. The Hall–Kier alpha value is -0.983. The molecule has 132 valence electrons. The molecule has 4 nitrogen and oxygen atoms in total. The number of hydrogen-bond acceptors (Lipinski definition) is 4. The van der Waals surface area contributed by atoms with Crippen molar-refractivity contribution in [3.05, 3.63) is 48.6 Å². The Balaban J connectivity index is 1.77. The smallest absolute Gasteiger partial charge is 0.184 e. The molecule has 0 aromatic heterocycles. The van der Waals surface area contributed by atoms with Gasteiger partial charge in [-0.1, -0.05) is 36.4 Å². The van der Waals surface area contributed by atoms with Crippen molar-refractivity contribution in [2.45, 2.75) is 63.2 Å². The van der Waals surface area contributed by atoms with Crippen LogP contribution in [0, 0.1) is 0 Å². The summed E-state index contributed by atoms with van der Waals surface area (Å²) >= 11 is 0. The van der Waals surface area contributed by atoms with E-state index in [2.05, 4.69) is 33.1 Å². The highest BCUT2D eigenvalue weighted by atomic mass is 28.4. The van der Waals surface area contributed by atoms with E-state index in [1.54, 1.807) is 0 Å². The molecule has 24 heavy (non-hydrogen) atoms. The Morgan fingerprint density at radius 2 is 1.88 bits per heavy atom. The zero-order valence-corrected chi connectivity index (χ0v) is 16.0. The topological polar surface area (TPSA) is 36.9 Å². The maximum Gasteiger partial charge on any atom is 0.184 e. The molecule has 0 unspecified atom stereocenters. The quantitative estimate of drug-likeness (QED) is 0.607. The monoisotopic (exact) mass is 348 g/mol. The third kappa shape index (κ3) is 3.81. The lowest BCUT2D eigenvalue weighted by Gasteiger charge is -2.51. The fraction of sp³-hybridized carbons (Fsp3) is 0.579. The summed E-state index contributed by atoms with van der Waals surface area (Å²) in [5.74, 6) is 0. The molecule has 3 rings (SSSR count). The number of ether oxygens (including phenoxy) is 3. The van der Waals surface area contributed by atoms with E-state index in [1.807, 2.05) is 36.4 Å². The van der Waals surface area contributed by atoms with E-state index in [-0.39, 0.29) is 24.6 Å². The number of benzene rings is 1. The first-order valence-corrected chi connectivity index (χ1v) is 12.0. The highest BCUT2D eigenvalue weighted by Crippen LogP contribution is 2.40. The van der Waals surface area contributed by atoms with Gasteiger partial charge in [0.2, 0.25) is 0 Å². The molecule has 5 heteroatoms. The third-order valence-electron chi connectivity index (χ3n) is 4.48. The minimum Gasteiger partial charge on any atom is -0.409 e. The molecule has 0 amide bonds. The molecule has 1 aromatic carbocycles. The fourth-order valence-corrected chi connectivity index (χ4v) is 5.22. The molecule has 2 fully saturated rings. The van der Waals surface area contributed by atoms with Crippen molar-refractivity contribution in [3.63, 3.8) is 0 Å². The zero-order chi connectivity index (χ0) is 17.4. The molecule has 0 spiro atoms. The van der Waals surface area contributed by atoms with E-state index in [1.165, 1.54) is 0 Å². The average Bonchev–Trinajstić information content (AvgIpc) is 2.52. The number of fused-ring (bicyclic) bond motifs is 1. The Morgan fingerprint density at radius 3 is 2.50 bits per heavy atom. The molecule has 0 radical (unpaired) electrons. The van der Waals surface area contributed by atoms with Gasteiger partial charge < -0.3 is 18.6 Å². The fourth-order valence-electron chi connectivity index (χ4n) is 3.62. The molecule has 0 saturated carbocycles. The second-order valence-electron chi connectivity index (χ2n) is 7.81. The minimum atomic E-state index is -1.73. The first-order valence-electron chi connectivity index (χ1n) is 8.61. The Kier molecular flexibility index (Phi) is 5.00. The first kappa shape index (κ1) is 17.8. The molecule has 0 bridgehead atoms. The van der Waals surface area contributed by atoms with Crippen molar-refractivity contribution in [1.29, 1.82) is 0 Å². The Labute approximate surface area is 145 Å². The van der Waals surface area contributed by atoms with Crippen molar-refractivity contribution < 1.29 is 18.6 Å². The van der Waals surface area contributed by atoms with Crippen LogP contribution in [0.25, 0.3) is 0 Å². The van der Waals surface area contributed by atoms with Crippen LogP contribution in [0.5, 0.6) is 0 Å². The normalized spacial score (nSPS) is 36.8. The van der Waals surface area contributed by atoms with Crippen LogP contribution in [-0.4, -0.2) is 38.8 Å². The molecular formula is C19H28O4Si. The van der Waals surface area contributed by atoms with Gasteiger partial charge in [0, 0.05) is 12.0 Å². The molecule has 2 aliphatic rings. The molecule has 1 aromatic rings. The Morgan fingerprint density at radius 1 is 1.17 bits per heavy atom. The van der Waals surface area contributed by atoms with Gasteiger partial charge in [0.15, 0.2) is 14.6 Å². The van der Waals surface area contributed by atoms with E-state index in [4.69, 9.17) is 18.6 Å². The zero-order valence-electron chi connectivity index (χ0n) is 15.0. The van der Waals surface area contributed by atoms with E-state index < -0.39 is 13.9 Å². The number of hydrogen-bond donors (Lipinski definition) is 0. The molecule has 0 aliphatic carbocycles. The first-order chi connectivity index (χ1) is 11.3. The van der Waals surface area contributed by atoms with Gasteiger partial charge in [-0.05, 0) is 26.6 Å². The lowest BCUT2D eigenvalue weighted by atomic mass is 9.86. The van der Waals surface area contributed by atoms with Crippen LogP contribution >= 0.6 is 0 Å². The van der Waals surface area contributed by atoms with Crippen LogP contribution in [-0.2, 0) is 18.6 Å². The number of rotatable bonds is 4. The van der Waals surface area contributed by atoms with Gasteiger partial charge in [-0.25, -0.2) is 0 Å². The summed E-state index contributed by atoms with van der Waals surface area (Å²) in [6.45, 7) is 13.2. The van der Waals surface area contributed by atoms with Gasteiger partial charge in [0.05, 0.1) is 18.3 Å². The van der Waals surface area contributed by atoms with Gasteiger partial charge in [0.25, 0.3) is 0 Å². The van der Waals surface area contributed by atoms with Gasteiger partial charge in [-0.2, -0.15) is 0 Å². The van der Waals surface area contributed by atoms with Crippen molar-refractivity contribution in [2.75, 3.05) is 6.61 Å². The summed E-state index contributed by atoms with van der Waals surface area (Å²) in [5.41, 5.74) is 0.626. The van der Waals surface area contributed by atoms with E-state index in [9.17, 15) is 0 Å². The van der Waals surface area contributed by atoms with Crippen LogP contribution in [0.15, 0.2) is 43.0 Å². The highest BCUT2D eigenvalue weighted by molar-refractivity contribution is 6.69. The molecule has 5 atom stereocenters. The van der Waals surface area contributed by atoms with Crippen molar-refractivity contribution in [2.24, 2.45) is 0 Å². The summed E-state index contributed by atoms with van der Waals surface area (Å²) in [5, 5.41) is 0. The van der Waals surface area contributed by atoms with Crippen molar-refractivity contribution in [1.82, 2.24) is 0 Å². The van der Waals surface area contributed by atoms with E-state index in [0.717, 1.165) is 12.0 Å². The molecule has 0 N–H and O–H groups in total. The molecular weight excluding hydrogens is 320 g/mol. The summed E-state index contributed by atoms with van der Waals surface area (Å²) in [6.07, 6.45) is 2.02. The van der Waals surface area contributed by atoms with Gasteiger partial charge >= 0.3 is 0 Å². The van der Waals surface area contributed by atoms with Crippen molar-refractivity contribution in [3.8, 4) is 0 Å². The predicted octanol–water partition coefficient (Wildman–Crippen LogP) is 4.05. The SMILES string of the molecule is C=C[C@@H]1O[C@@H]2CO[C@@H](c3ccccc3)O[C@H]2C[C@@]1(C)O[Si](C)(C)C. The highest BCUT2D eigenvalue weighted by Gasteiger charge is 2.50. The van der Waals surface area contributed by atoms with Gasteiger partial charge in [-0.3, -0.25) is 0 Å². The summed E-state index contributed by atoms with van der Waals surface area (Å²) in [6, 6.07) is 10.0. The van der Waals surface area contributed by atoms with Crippen LogP contribution in [0.1, 0.15) is 25.2 Å².